The molecule has 0 spiro atoms. The summed E-state index contributed by atoms with van der Waals surface area (Å²) in [6, 6.07) is 10.2. The zero-order valence-electron chi connectivity index (χ0n) is 19.5. The van der Waals surface area contributed by atoms with Crippen LogP contribution in [0.2, 0.25) is 0 Å². The van der Waals surface area contributed by atoms with Crippen LogP contribution in [0.3, 0.4) is 0 Å². The fraction of sp³-hybridized carbons (Fsp3) is 0.440. The molecule has 0 atom stereocenters. The molecule has 0 radical (unpaired) electrons. The van der Waals surface area contributed by atoms with Gasteiger partial charge in [0.2, 0.25) is 0 Å². The molecule has 0 aliphatic rings. The minimum absolute atomic E-state index is 0.0262. The van der Waals surface area contributed by atoms with Gasteiger partial charge in [-0.15, -0.1) is 0 Å². The molecular formula is C25H37N2O2P. The van der Waals surface area contributed by atoms with Gasteiger partial charge in [0.25, 0.3) is 0 Å². The summed E-state index contributed by atoms with van der Waals surface area (Å²) in [5.41, 5.74) is 7.27. The normalized spacial score (nSPS) is 11.8. The van der Waals surface area contributed by atoms with Gasteiger partial charge in [0.05, 0.1) is 0 Å². The molecule has 2 aromatic rings. The van der Waals surface area contributed by atoms with Gasteiger partial charge >= 0.3 is 182 Å². The van der Waals surface area contributed by atoms with Crippen LogP contribution in [0, 0.1) is 34.6 Å². The fourth-order valence-corrected chi connectivity index (χ4v) is 7.41. The van der Waals surface area contributed by atoms with E-state index in [1.807, 2.05) is 45.9 Å². The summed E-state index contributed by atoms with van der Waals surface area (Å²) in [6.45, 7) is 14.4. The number of amides is 2. The molecule has 0 unspecified atom stereocenters. The second kappa shape index (κ2) is 10.2. The van der Waals surface area contributed by atoms with Crippen LogP contribution < -0.4 is 10.6 Å². The Hall–Kier alpha value is -2.19. The van der Waals surface area contributed by atoms with Crippen LogP contribution in [0.25, 0.3) is 0 Å². The predicted molar refractivity (Wildman–Crippen MR) is 133 cm³/mol. The zero-order chi connectivity index (χ0) is 22.5. The van der Waals surface area contributed by atoms with E-state index in [1.54, 1.807) is 0 Å². The Bertz CT molecular complexity index is 889. The third-order valence-electron chi connectivity index (χ3n) is 6.26. The maximum atomic E-state index is 13.0. The topological polar surface area (TPSA) is 58.2 Å². The van der Waals surface area contributed by atoms with Crippen LogP contribution in [0.1, 0.15) is 41.7 Å². The Balaban J connectivity index is 2.13. The molecule has 0 aliphatic heterocycles. The summed E-state index contributed by atoms with van der Waals surface area (Å²) in [6.07, 6.45) is 2.74. The molecule has 2 N–H and O–H groups in total. The Morgan fingerprint density at radius 1 is 0.733 bits per heavy atom. The van der Waals surface area contributed by atoms with Gasteiger partial charge in [0.15, 0.2) is 0 Å². The third-order valence-corrected chi connectivity index (χ3v) is 11.4. The second-order valence-electron chi connectivity index (χ2n) is 8.70. The quantitative estimate of drug-likeness (QED) is 0.538. The fourth-order valence-electron chi connectivity index (χ4n) is 4.25. The first-order valence-electron chi connectivity index (χ1n) is 10.8. The molecule has 2 amide bonds. The van der Waals surface area contributed by atoms with E-state index in [0.717, 1.165) is 46.0 Å². The maximum absolute atomic E-state index is 13.0. The van der Waals surface area contributed by atoms with Crippen LogP contribution >= 0.6 is 7.26 Å². The summed E-state index contributed by atoms with van der Waals surface area (Å²) >= 11 is 0. The van der Waals surface area contributed by atoms with Crippen molar-refractivity contribution in [1.29, 1.82) is 0 Å². The van der Waals surface area contributed by atoms with Gasteiger partial charge in [-0.1, -0.05) is 0 Å². The first kappa shape index (κ1) is 24.1. The van der Waals surface area contributed by atoms with Crippen molar-refractivity contribution in [3.05, 3.63) is 58.1 Å². The minimum atomic E-state index is -2.08. The molecule has 2 aromatic carbocycles. The van der Waals surface area contributed by atoms with Crippen LogP contribution in [0.5, 0.6) is 0 Å². The van der Waals surface area contributed by atoms with E-state index < -0.39 is 7.26 Å². The van der Waals surface area contributed by atoms with Gasteiger partial charge in [-0.3, -0.25) is 0 Å². The SMILES string of the molecule is CC[PH](CC)(CC(=O)Nc1c(C)cccc1C)CC(=O)Nc1c(C)cc(C)cc1C. The summed E-state index contributed by atoms with van der Waals surface area (Å²) in [4.78, 5) is 25.9. The monoisotopic (exact) mass is 428 g/mol. The Kier molecular flexibility index (Phi) is 8.20. The summed E-state index contributed by atoms with van der Waals surface area (Å²) in [5.74, 6) is 0.0542. The van der Waals surface area contributed by atoms with Crippen molar-refractivity contribution < 1.29 is 9.59 Å². The average molecular weight is 429 g/mol. The van der Waals surface area contributed by atoms with Crippen molar-refractivity contribution in [2.45, 2.75) is 48.5 Å². The average Bonchev–Trinajstić information content (AvgIpc) is 2.67. The molecule has 164 valence electrons. The van der Waals surface area contributed by atoms with Crippen molar-refractivity contribution in [2.75, 3.05) is 35.3 Å². The number of nitrogens with one attached hydrogen (secondary N) is 2. The van der Waals surface area contributed by atoms with Crippen LogP contribution in [-0.4, -0.2) is 36.5 Å². The zero-order valence-corrected chi connectivity index (χ0v) is 20.5. The van der Waals surface area contributed by atoms with Gasteiger partial charge in [-0.2, -0.15) is 0 Å². The molecule has 5 heteroatoms. The first-order chi connectivity index (χ1) is 14.1. The summed E-state index contributed by atoms with van der Waals surface area (Å²) in [5, 5.41) is 6.25. The van der Waals surface area contributed by atoms with Gasteiger partial charge in [-0.25, -0.2) is 0 Å². The molecule has 0 aliphatic carbocycles. The van der Waals surface area contributed by atoms with E-state index >= 15 is 0 Å². The molecule has 4 nitrogen and oxygen atoms in total. The molecule has 30 heavy (non-hydrogen) atoms. The molecule has 0 saturated carbocycles. The standard InChI is InChI=1S/C25H37N2O2P/c1-8-30(9-2,15-22(28)26-24-18(4)11-10-12-19(24)5)16-23(29)27-25-20(6)13-17(3)14-21(25)7/h10-14,30H,8-9,15-16H2,1-7H3,(H,26,28)(H,27,29). The van der Waals surface area contributed by atoms with Crippen LogP contribution in [0.4, 0.5) is 11.4 Å². The molecular weight excluding hydrogens is 391 g/mol. The molecule has 0 bridgehead atoms. The van der Waals surface area contributed by atoms with Crippen molar-refractivity contribution in [3.8, 4) is 0 Å². The van der Waals surface area contributed by atoms with E-state index in [1.165, 1.54) is 5.56 Å². The van der Waals surface area contributed by atoms with E-state index in [-0.39, 0.29) is 11.8 Å². The number of anilines is 2. The van der Waals surface area contributed by atoms with Gasteiger partial charge in [-0.05, 0) is 0 Å². The number of carbonyl (C=O) groups excluding carboxylic acids is 2. The van der Waals surface area contributed by atoms with E-state index in [0.29, 0.717) is 12.3 Å². The molecule has 0 fully saturated rings. The third kappa shape index (κ3) is 5.92. The van der Waals surface area contributed by atoms with Crippen molar-refractivity contribution >= 4 is 30.5 Å². The number of para-hydroxylation sites is 1. The van der Waals surface area contributed by atoms with Crippen LogP contribution in [-0.2, 0) is 9.59 Å². The Morgan fingerprint density at radius 3 is 1.53 bits per heavy atom. The predicted octanol–water partition coefficient (Wildman–Crippen LogP) is 5.60. The molecule has 0 heterocycles. The van der Waals surface area contributed by atoms with Gasteiger partial charge < -0.3 is 0 Å². The number of hydrogen-bond acceptors (Lipinski definition) is 2. The molecule has 2 rings (SSSR count). The first-order valence-corrected chi connectivity index (χ1v) is 13.7. The van der Waals surface area contributed by atoms with Gasteiger partial charge in [0, 0.05) is 0 Å². The number of benzene rings is 2. The second-order valence-corrected chi connectivity index (χ2v) is 13.8. The van der Waals surface area contributed by atoms with Crippen LogP contribution in [0.15, 0.2) is 30.3 Å². The Morgan fingerprint density at radius 2 is 1.13 bits per heavy atom. The van der Waals surface area contributed by atoms with Crippen molar-refractivity contribution in [2.24, 2.45) is 0 Å². The number of carbonyl (C=O) groups is 2. The van der Waals surface area contributed by atoms with Gasteiger partial charge in [0.1, 0.15) is 0 Å². The Labute approximate surface area is 182 Å². The molecule has 0 saturated heterocycles. The summed E-state index contributed by atoms with van der Waals surface area (Å²) in [7, 11) is -2.08. The van der Waals surface area contributed by atoms with E-state index in [9.17, 15) is 9.59 Å². The van der Waals surface area contributed by atoms with E-state index in [4.69, 9.17) is 0 Å². The number of aryl methyl sites for hydroxylation is 5. The molecule has 0 aromatic heterocycles. The number of hydrogen-bond donors (Lipinski definition) is 2. The van der Waals surface area contributed by atoms with E-state index in [2.05, 4.69) is 43.5 Å². The van der Waals surface area contributed by atoms with Crippen molar-refractivity contribution in [1.82, 2.24) is 0 Å². The van der Waals surface area contributed by atoms with Crippen molar-refractivity contribution in [3.63, 3.8) is 0 Å². The number of rotatable bonds is 8. The summed E-state index contributed by atoms with van der Waals surface area (Å²) < 4.78 is 0.